The predicted octanol–water partition coefficient (Wildman–Crippen LogP) is 11.4. The molecule has 0 saturated heterocycles. The summed E-state index contributed by atoms with van der Waals surface area (Å²) in [5.41, 5.74) is 13.9. The van der Waals surface area contributed by atoms with Gasteiger partial charge in [0.15, 0.2) is 0 Å². The van der Waals surface area contributed by atoms with E-state index in [0.717, 1.165) is 12.8 Å². The first-order valence-electron chi connectivity index (χ1n) is 16.4. The number of aryl methyl sites for hydroxylation is 1. The van der Waals surface area contributed by atoms with E-state index in [0.29, 0.717) is 0 Å². The first-order valence-corrected chi connectivity index (χ1v) is 16.4. The van der Waals surface area contributed by atoms with Gasteiger partial charge in [-0.1, -0.05) is 115 Å². The summed E-state index contributed by atoms with van der Waals surface area (Å²) >= 11 is 0. The quantitative estimate of drug-likeness (QED) is 0.179. The lowest BCUT2D eigenvalue weighted by molar-refractivity contribution is 1.14. The van der Waals surface area contributed by atoms with Crippen LogP contribution >= 0.6 is 0 Å². The van der Waals surface area contributed by atoms with Crippen LogP contribution in [0.15, 0.2) is 164 Å². The summed E-state index contributed by atoms with van der Waals surface area (Å²) in [6.07, 6.45) is 1.83. The van der Waals surface area contributed by atoms with Crippen molar-refractivity contribution in [2.45, 2.75) is 19.8 Å². The Morgan fingerprint density at radius 1 is 0.340 bits per heavy atom. The van der Waals surface area contributed by atoms with Crippen LogP contribution in [-0.2, 0) is 12.8 Å². The molecule has 9 aromatic rings. The molecule has 0 aliphatic carbocycles. The fourth-order valence-electron chi connectivity index (χ4n) is 7.31. The van der Waals surface area contributed by atoms with Crippen LogP contribution in [0.1, 0.15) is 27.8 Å². The number of fused-ring (bicyclic) bond motifs is 6. The standard InChI is InChI=1S/C45H34N2/c1-31-14-16-32(17-15-31)28-33-18-23-37(24-19-33)47-44-13-7-4-10-40(44)41-30-35(22-27-45(41)47)29-34-20-25-36(26-21-34)46-42-11-5-2-8-38(42)39-9-3-6-12-43(39)46/h2-27,30H,28-29H2,1H3. The summed E-state index contributed by atoms with van der Waals surface area (Å²) in [5.74, 6) is 0. The molecule has 47 heavy (non-hydrogen) atoms. The summed E-state index contributed by atoms with van der Waals surface area (Å²) in [6, 6.07) is 60.2. The molecule has 0 fully saturated rings. The highest BCUT2D eigenvalue weighted by molar-refractivity contribution is 6.10. The van der Waals surface area contributed by atoms with Crippen molar-refractivity contribution in [3.8, 4) is 11.4 Å². The number of hydrogen-bond donors (Lipinski definition) is 0. The minimum Gasteiger partial charge on any atom is -0.309 e. The zero-order valence-corrected chi connectivity index (χ0v) is 26.4. The summed E-state index contributed by atoms with van der Waals surface area (Å²) < 4.78 is 4.79. The molecule has 0 N–H and O–H groups in total. The molecule has 0 radical (unpaired) electrons. The van der Waals surface area contributed by atoms with Gasteiger partial charge in [0.25, 0.3) is 0 Å². The Kier molecular flexibility index (Phi) is 6.53. The predicted molar refractivity (Wildman–Crippen MR) is 198 cm³/mol. The lowest BCUT2D eigenvalue weighted by Crippen LogP contribution is -1.96. The molecule has 0 saturated carbocycles. The second-order valence-corrected chi connectivity index (χ2v) is 12.7. The maximum absolute atomic E-state index is 2.41. The molecule has 7 aromatic carbocycles. The van der Waals surface area contributed by atoms with E-state index in [1.165, 1.54) is 82.8 Å². The van der Waals surface area contributed by atoms with Gasteiger partial charge < -0.3 is 9.13 Å². The van der Waals surface area contributed by atoms with E-state index in [2.05, 4.69) is 180 Å². The Bertz CT molecular complexity index is 2490. The van der Waals surface area contributed by atoms with Crippen LogP contribution < -0.4 is 0 Å². The maximum atomic E-state index is 2.41. The third kappa shape index (κ3) is 4.81. The molecule has 0 amide bonds. The van der Waals surface area contributed by atoms with Gasteiger partial charge in [-0.2, -0.15) is 0 Å². The molecule has 2 aromatic heterocycles. The molecular weight excluding hydrogens is 569 g/mol. The van der Waals surface area contributed by atoms with E-state index in [1.807, 2.05) is 0 Å². The third-order valence-electron chi connectivity index (χ3n) is 9.64. The number of para-hydroxylation sites is 3. The molecule has 0 aliphatic rings. The molecule has 0 unspecified atom stereocenters. The molecule has 224 valence electrons. The minimum atomic E-state index is 0.886. The maximum Gasteiger partial charge on any atom is 0.0541 e. The fraction of sp³-hybridized carbons (Fsp3) is 0.0667. The second-order valence-electron chi connectivity index (χ2n) is 12.7. The van der Waals surface area contributed by atoms with Crippen LogP contribution in [0.4, 0.5) is 0 Å². The first kappa shape index (κ1) is 27.5. The van der Waals surface area contributed by atoms with Gasteiger partial charge in [0.2, 0.25) is 0 Å². The highest BCUT2D eigenvalue weighted by Crippen LogP contribution is 2.34. The lowest BCUT2D eigenvalue weighted by atomic mass is 10.0. The van der Waals surface area contributed by atoms with Crippen LogP contribution in [0.2, 0.25) is 0 Å². The second kappa shape index (κ2) is 11.2. The van der Waals surface area contributed by atoms with Crippen LogP contribution in [0.5, 0.6) is 0 Å². The highest BCUT2D eigenvalue weighted by Gasteiger charge is 2.14. The Morgan fingerprint density at radius 3 is 1.19 bits per heavy atom. The van der Waals surface area contributed by atoms with Crippen molar-refractivity contribution in [3.63, 3.8) is 0 Å². The molecule has 0 spiro atoms. The molecule has 9 rings (SSSR count). The molecular formula is C45H34N2. The molecule has 0 bridgehead atoms. The summed E-state index contributed by atoms with van der Waals surface area (Å²) in [4.78, 5) is 0. The van der Waals surface area contributed by atoms with Gasteiger partial charge in [-0.05, 0) is 96.6 Å². The van der Waals surface area contributed by atoms with Gasteiger partial charge in [-0.15, -0.1) is 0 Å². The largest absolute Gasteiger partial charge is 0.309 e. The number of hydrogen-bond acceptors (Lipinski definition) is 0. The van der Waals surface area contributed by atoms with E-state index in [-0.39, 0.29) is 0 Å². The summed E-state index contributed by atoms with van der Waals surface area (Å²) in [7, 11) is 0. The fourth-order valence-corrected chi connectivity index (χ4v) is 7.31. The number of rotatable bonds is 6. The average Bonchev–Trinajstić information content (AvgIpc) is 3.63. The average molecular weight is 603 g/mol. The minimum absolute atomic E-state index is 0.886. The Labute approximate surface area is 274 Å². The monoisotopic (exact) mass is 602 g/mol. The van der Waals surface area contributed by atoms with Crippen molar-refractivity contribution in [1.29, 1.82) is 0 Å². The van der Waals surface area contributed by atoms with Gasteiger partial charge >= 0.3 is 0 Å². The number of benzene rings is 7. The summed E-state index contributed by atoms with van der Waals surface area (Å²) in [6.45, 7) is 2.14. The number of aromatic nitrogens is 2. The Balaban J connectivity index is 1.03. The lowest BCUT2D eigenvalue weighted by Gasteiger charge is -2.11. The molecule has 2 heterocycles. The van der Waals surface area contributed by atoms with Crippen LogP contribution in [0.25, 0.3) is 55.0 Å². The van der Waals surface area contributed by atoms with Crippen molar-refractivity contribution >= 4 is 43.6 Å². The van der Waals surface area contributed by atoms with E-state index in [1.54, 1.807) is 0 Å². The highest BCUT2D eigenvalue weighted by atomic mass is 15.0. The van der Waals surface area contributed by atoms with Crippen LogP contribution in [0.3, 0.4) is 0 Å². The third-order valence-corrected chi connectivity index (χ3v) is 9.64. The van der Waals surface area contributed by atoms with E-state index in [4.69, 9.17) is 0 Å². The Morgan fingerprint density at radius 2 is 0.702 bits per heavy atom. The molecule has 0 aliphatic heterocycles. The topological polar surface area (TPSA) is 9.86 Å². The van der Waals surface area contributed by atoms with Gasteiger partial charge in [0, 0.05) is 32.9 Å². The molecule has 0 atom stereocenters. The van der Waals surface area contributed by atoms with E-state index in [9.17, 15) is 0 Å². The van der Waals surface area contributed by atoms with Crippen LogP contribution in [-0.4, -0.2) is 9.13 Å². The Hall–Kier alpha value is -5.86. The van der Waals surface area contributed by atoms with Crippen molar-refractivity contribution in [1.82, 2.24) is 9.13 Å². The van der Waals surface area contributed by atoms with Crippen molar-refractivity contribution in [2.75, 3.05) is 0 Å². The van der Waals surface area contributed by atoms with Crippen molar-refractivity contribution in [3.05, 3.63) is 192 Å². The van der Waals surface area contributed by atoms with Gasteiger partial charge in [0.1, 0.15) is 0 Å². The molecule has 2 nitrogen and oxygen atoms in total. The van der Waals surface area contributed by atoms with Gasteiger partial charge in [-0.3, -0.25) is 0 Å². The number of nitrogens with zero attached hydrogens (tertiary/aromatic N) is 2. The van der Waals surface area contributed by atoms with Crippen molar-refractivity contribution < 1.29 is 0 Å². The zero-order chi connectivity index (χ0) is 31.3. The van der Waals surface area contributed by atoms with Crippen LogP contribution in [0, 0.1) is 6.92 Å². The first-order chi connectivity index (χ1) is 23.2. The van der Waals surface area contributed by atoms with E-state index < -0.39 is 0 Å². The van der Waals surface area contributed by atoms with Gasteiger partial charge in [0.05, 0.1) is 22.1 Å². The van der Waals surface area contributed by atoms with Gasteiger partial charge in [-0.25, -0.2) is 0 Å². The normalized spacial score (nSPS) is 11.7. The van der Waals surface area contributed by atoms with E-state index >= 15 is 0 Å². The molecule has 2 heteroatoms. The zero-order valence-electron chi connectivity index (χ0n) is 26.4. The summed E-state index contributed by atoms with van der Waals surface area (Å²) in [5, 5.41) is 5.16. The smallest absolute Gasteiger partial charge is 0.0541 e. The van der Waals surface area contributed by atoms with Crippen molar-refractivity contribution in [2.24, 2.45) is 0 Å². The SMILES string of the molecule is Cc1ccc(Cc2ccc(-n3c4ccccc4c4cc(Cc5ccc(-n6c7ccccc7c7ccccc76)cc5)ccc43)cc2)cc1.